The van der Waals surface area contributed by atoms with Gasteiger partial charge in [0.1, 0.15) is 23.0 Å². The van der Waals surface area contributed by atoms with Gasteiger partial charge in [0.15, 0.2) is 0 Å². The zero-order valence-electron chi connectivity index (χ0n) is 14.7. The van der Waals surface area contributed by atoms with Gasteiger partial charge >= 0.3 is 6.03 Å². The first kappa shape index (κ1) is 17.7. The summed E-state index contributed by atoms with van der Waals surface area (Å²) >= 11 is 0. The maximum Gasteiger partial charge on any atom is 0.326 e. The molecule has 0 unspecified atom stereocenters. The first-order chi connectivity index (χ1) is 13.6. The van der Waals surface area contributed by atoms with Gasteiger partial charge in [-0.05, 0) is 36.4 Å². The highest BCUT2D eigenvalue weighted by atomic mass is 19.1. The molecule has 140 valence electrons. The summed E-state index contributed by atoms with van der Waals surface area (Å²) in [6.07, 6.45) is 3.51. The van der Waals surface area contributed by atoms with Crippen LogP contribution in [0.15, 0.2) is 79.1 Å². The lowest BCUT2D eigenvalue weighted by atomic mass is 10.2. The van der Waals surface area contributed by atoms with Gasteiger partial charge in [-0.3, -0.25) is 4.90 Å². The lowest BCUT2D eigenvalue weighted by Gasteiger charge is -2.23. The summed E-state index contributed by atoms with van der Waals surface area (Å²) in [6.45, 7) is 0.164. The molecule has 2 heterocycles. The molecule has 0 fully saturated rings. The Morgan fingerprint density at radius 1 is 0.964 bits per heavy atom. The number of halogens is 2. The molecule has 0 atom stereocenters. The monoisotopic (exact) mass is 378 g/mol. The van der Waals surface area contributed by atoms with Crippen molar-refractivity contribution < 1.29 is 13.6 Å². The lowest BCUT2D eigenvalue weighted by molar-refractivity contribution is 0.256. The van der Waals surface area contributed by atoms with E-state index < -0.39 is 23.4 Å². The number of pyridine rings is 1. The van der Waals surface area contributed by atoms with Crippen molar-refractivity contribution >= 4 is 23.1 Å². The molecule has 2 amide bonds. The zero-order valence-corrected chi connectivity index (χ0v) is 14.7. The number of nitrogens with one attached hydrogen (secondary N) is 1. The molecule has 1 N–H and O–H groups in total. The summed E-state index contributed by atoms with van der Waals surface area (Å²) in [5.74, 6) is -1.67. The molecule has 2 aromatic heterocycles. The van der Waals surface area contributed by atoms with Gasteiger partial charge in [-0.1, -0.05) is 30.3 Å². The first-order valence-corrected chi connectivity index (χ1v) is 8.62. The SMILES string of the molecule is O=C(Nc1c(F)cccc1F)N(Cc1cnc2ccccn12)c1ccccc1. The number of carbonyl (C=O) groups is 1. The highest BCUT2D eigenvalue weighted by molar-refractivity contribution is 6.01. The van der Waals surface area contributed by atoms with Crippen LogP contribution in [0.2, 0.25) is 0 Å². The van der Waals surface area contributed by atoms with Gasteiger partial charge in [0.05, 0.1) is 18.4 Å². The number of imidazole rings is 1. The Hall–Kier alpha value is -3.74. The summed E-state index contributed by atoms with van der Waals surface area (Å²) < 4.78 is 29.8. The topological polar surface area (TPSA) is 49.6 Å². The van der Waals surface area contributed by atoms with E-state index in [1.807, 2.05) is 34.9 Å². The fourth-order valence-electron chi connectivity index (χ4n) is 2.94. The summed E-state index contributed by atoms with van der Waals surface area (Å²) in [5, 5.41) is 2.34. The van der Waals surface area contributed by atoms with Crippen molar-refractivity contribution in [1.29, 1.82) is 0 Å². The fraction of sp³-hybridized carbons (Fsp3) is 0.0476. The van der Waals surface area contributed by atoms with Gasteiger partial charge in [-0.2, -0.15) is 0 Å². The number of amides is 2. The molecule has 7 heteroatoms. The third kappa shape index (κ3) is 3.42. The number of nitrogens with zero attached hydrogens (tertiary/aromatic N) is 3. The highest BCUT2D eigenvalue weighted by Gasteiger charge is 2.21. The van der Waals surface area contributed by atoms with Crippen molar-refractivity contribution in [3.05, 3.63) is 96.5 Å². The normalized spacial score (nSPS) is 10.8. The fourth-order valence-corrected chi connectivity index (χ4v) is 2.94. The predicted molar refractivity (Wildman–Crippen MR) is 103 cm³/mol. The van der Waals surface area contributed by atoms with Gasteiger partial charge in [-0.25, -0.2) is 18.6 Å². The average molecular weight is 378 g/mol. The molecule has 28 heavy (non-hydrogen) atoms. The van der Waals surface area contributed by atoms with E-state index in [1.165, 1.54) is 11.0 Å². The van der Waals surface area contributed by atoms with Crippen molar-refractivity contribution in [1.82, 2.24) is 9.38 Å². The summed E-state index contributed by atoms with van der Waals surface area (Å²) in [4.78, 5) is 18.7. The van der Waals surface area contributed by atoms with E-state index in [2.05, 4.69) is 10.3 Å². The summed E-state index contributed by atoms with van der Waals surface area (Å²) in [6, 6.07) is 17.3. The molecular formula is C21H16F2N4O. The molecule has 0 aliphatic carbocycles. The van der Waals surface area contributed by atoms with Crippen LogP contribution in [0.3, 0.4) is 0 Å². The minimum atomic E-state index is -0.837. The maximum absolute atomic E-state index is 14.0. The molecular weight excluding hydrogens is 362 g/mol. The second-order valence-electron chi connectivity index (χ2n) is 6.13. The molecule has 5 nitrogen and oxygen atoms in total. The number of aromatic nitrogens is 2. The predicted octanol–water partition coefficient (Wildman–Crippen LogP) is 4.85. The minimum absolute atomic E-state index is 0.164. The molecule has 4 rings (SSSR count). The average Bonchev–Trinajstić information content (AvgIpc) is 3.12. The molecule has 0 spiro atoms. The number of hydrogen-bond acceptors (Lipinski definition) is 2. The molecule has 0 aliphatic rings. The molecule has 0 saturated carbocycles. The molecule has 0 radical (unpaired) electrons. The van der Waals surface area contributed by atoms with Crippen LogP contribution in [-0.2, 0) is 6.54 Å². The van der Waals surface area contributed by atoms with Crippen LogP contribution in [0.25, 0.3) is 5.65 Å². The number of carbonyl (C=O) groups excluding carboxylic acids is 1. The van der Waals surface area contributed by atoms with Gasteiger partial charge < -0.3 is 9.72 Å². The molecule has 2 aromatic carbocycles. The Labute approximate surface area is 159 Å². The number of urea groups is 1. The van der Waals surface area contributed by atoms with Crippen LogP contribution >= 0.6 is 0 Å². The van der Waals surface area contributed by atoms with Crippen LogP contribution in [0.4, 0.5) is 25.0 Å². The number of hydrogen-bond donors (Lipinski definition) is 1. The Balaban J connectivity index is 1.69. The van der Waals surface area contributed by atoms with Crippen molar-refractivity contribution in [3.8, 4) is 0 Å². The van der Waals surface area contributed by atoms with E-state index in [-0.39, 0.29) is 6.54 Å². The number of anilines is 2. The van der Waals surface area contributed by atoms with Crippen LogP contribution in [0, 0.1) is 11.6 Å². The molecule has 4 aromatic rings. The van der Waals surface area contributed by atoms with Crippen LogP contribution < -0.4 is 10.2 Å². The van der Waals surface area contributed by atoms with Crippen molar-refractivity contribution in [2.45, 2.75) is 6.54 Å². The number of rotatable bonds is 4. The highest BCUT2D eigenvalue weighted by Crippen LogP contribution is 2.22. The Bertz CT molecular complexity index is 1110. The maximum atomic E-state index is 14.0. The number of para-hydroxylation sites is 2. The quantitative estimate of drug-likeness (QED) is 0.552. The smallest absolute Gasteiger partial charge is 0.302 e. The first-order valence-electron chi connectivity index (χ1n) is 8.62. The van der Waals surface area contributed by atoms with Crippen LogP contribution in [0.5, 0.6) is 0 Å². The number of fused-ring (bicyclic) bond motifs is 1. The van der Waals surface area contributed by atoms with E-state index in [0.717, 1.165) is 23.5 Å². The van der Waals surface area contributed by atoms with E-state index in [0.29, 0.717) is 5.69 Å². The van der Waals surface area contributed by atoms with E-state index in [4.69, 9.17) is 0 Å². The largest absolute Gasteiger partial charge is 0.326 e. The standard InChI is InChI=1S/C21H16F2N4O/c22-17-9-6-10-18(23)20(17)25-21(28)27(15-7-2-1-3-8-15)14-16-13-24-19-11-4-5-12-26(16)19/h1-13H,14H2,(H,25,28). The van der Waals surface area contributed by atoms with Gasteiger partial charge in [-0.15, -0.1) is 0 Å². The molecule has 0 saturated heterocycles. The van der Waals surface area contributed by atoms with Gasteiger partial charge in [0, 0.05) is 11.9 Å². The molecule has 0 bridgehead atoms. The van der Waals surface area contributed by atoms with Crippen LogP contribution in [0.1, 0.15) is 5.69 Å². The second kappa shape index (κ2) is 7.48. The third-order valence-electron chi connectivity index (χ3n) is 4.32. The minimum Gasteiger partial charge on any atom is -0.302 e. The van der Waals surface area contributed by atoms with Gasteiger partial charge in [0.25, 0.3) is 0 Å². The summed E-state index contributed by atoms with van der Waals surface area (Å²) in [7, 11) is 0. The van der Waals surface area contributed by atoms with E-state index in [9.17, 15) is 13.6 Å². The Morgan fingerprint density at radius 2 is 1.68 bits per heavy atom. The van der Waals surface area contributed by atoms with Crippen molar-refractivity contribution in [3.63, 3.8) is 0 Å². The Kier molecular flexibility index (Phi) is 4.72. The van der Waals surface area contributed by atoms with E-state index >= 15 is 0 Å². The van der Waals surface area contributed by atoms with Gasteiger partial charge in [0.2, 0.25) is 0 Å². The lowest BCUT2D eigenvalue weighted by Crippen LogP contribution is -2.35. The summed E-state index contributed by atoms with van der Waals surface area (Å²) in [5.41, 5.74) is 1.60. The van der Waals surface area contributed by atoms with Crippen molar-refractivity contribution in [2.75, 3.05) is 10.2 Å². The van der Waals surface area contributed by atoms with Crippen molar-refractivity contribution in [2.24, 2.45) is 0 Å². The second-order valence-corrected chi connectivity index (χ2v) is 6.13. The number of benzene rings is 2. The zero-order chi connectivity index (χ0) is 19.5. The third-order valence-corrected chi connectivity index (χ3v) is 4.32. The van der Waals surface area contributed by atoms with E-state index in [1.54, 1.807) is 30.5 Å². The molecule has 0 aliphatic heterocycles. The van der Waals surface area contributed by atoms with Crippen LogP contribution in [-0.4, -0.2) is 15.4 Å². The Morgan fingerprint density at radius 3 is 2.43 bits per heavy atom.